The lowest BCUT2D eigenvalue weighted by Crippen LogP contribution is -2.03. The molecular weight excluding hydrogens is 216 g/mol. The second kappa shape index (κ2) is 7.60. The van der Waals surface area contributed by atoms with Gasteiger partial charge in [0.1, 0.15) is 6.29 Å². The average molecular weight is 234 g/mol. The highest BCUT2D eigenvalue weighted by atomic mass is 16.5. The van der Waals surface area contributed by atoms with Gasteiger partial charge >= 0.3 is 5.97 Å². The molecule has 1 rings (SSSR count). The van der Waals surface area contributed by atoms with Gasteiger partial charge in [0, 0.05) is 12.0 Å². The van der Waals surface area contributed by atoms with Gasteiger partial charge < -0.3 is 4.74 Å². The van der Waals surface area contributed by atoms with Crippen molar-refractivity contribution in [3.8, 4) is 0 Å². The van der Waals surface area contributed by atoms with E-state index < -0.39 is 0 Å². The number of hydrogen-bond donors (Lipinski definition) is 0. The summed E-state index contributed by atoms with van der Waals surface area (Å²) in [5, 5.41) is 0. The molecule has 17 heavy (non-hydrogen) atoms. The van der Waals surface area contributed by atoms with Crippen LogP contribution in [0.25, 0.3) is 0 Å². The molecule has 3 heteroatoms. The second-order valence-corrected chi connectivity index (χ2v) is 3.88. The molecule has 0 aliphatic carbocycles. The maximum atomic E-state index is 11.1. The van der Waals surface area contributed by atoms with Gasteiger partial charge in [-0.1, -0.05) is 18.2 Å². The van der Waals surface area contributed by atoms with Crippen LogP contribution in [-0.2, 0) is 16.0 Å². The molecule has 0 fully saturated rings. The summed E-state index contributed by atoms with van der Waals surface area (Å²) in [7, 11) is 0. The predicted octanol–water partition coefficient (Wildman–Crippen LogP) is 2.78. The van der Waals surface area contributed by atoms with Gasteiger partial charge in [-0.3, -0.25) is 9.59 Å². The summed E-state index contributed by atoms with van der Waals surface area (Å²) in [6.07, 6.45) is 3.97. The Morgan fingerprint density at radius 3 is 2.88 bits per heavy atom. The van der Waals surface area contributed by atoms with Crippen molar-refractivity contribution < 1.29 is 14.3 Å². The molecule has 0 saturated heterocycles. The number of ether oxygens (including phenoxy) is 1. The zero-order valence-electron chi connectivity index (χ0n) is 10.1. The van der Waals surface area contributed by atoms with E-state index in [0.717, 1.165) is 31.1 Å². The Hall–Kier alpha value is -1.64. The van der Waals surface area contributed by atoms with E-state index in [1.54, 1.807) is 6.07 Å². The summed E-state index contributed by atoms with van der Waals surface area (Å²) < 4.78 is 4.85. The Labute approximate surface area is 102 Å². The van der Waals surface area contributed by atoms with E-state index in [1.165, 1.54) is 0 Å². The molecule has 0 aromatic heterocycles. The molecule has 0 radical (unpaired) electrons. The van der Waals surface area contributed by atoms with Crippen LogP contribution in [0.3, 0.4) is 0 Å². The highest BCUT2D eigenvalue weighted by Gasteiger charge is 2.01. The van der Waals surface area contributed by atoms with Crippen LogP contribution in [-0.4, -0.2) is 18.9 Å². The molecule has 0 N–H and O–H groups in total. The first-order valence-electron chi connectivity index (χ1n) is 5.96. The summed E-state index contributed by atoms with van der Waals surface area (Å²) in [5.41, 5.74) is 1.84. The predicted molar refractivity (Wildman–Crippen MR) is 66.0 cm³/mol. The van der Waals surface area contributed by atoms with E-state index >= 15 is 0 Å². The van der Waals surface area contributed by atoms with Crippen molar-refractivity contribution in [1.82, 2.24) is 0 Å². The topological polar surface area (TPSA) is 43.4 Å². The quantitative estimate of drug-likeness (QED) is 0.414. The smallest absolute Gasteiger partial charge is 0.305 e. The van der Waals surface area contributed by atoms with E-state index in [4.69, 9.17) is 4.74 Å². The fourth-order valence-electron chi connectivity index (χ4n) is 1.65. The molecule has 3 nitrogen and oxygen atoms in total. The lowest BCUT2D eigenvalue weighted by molar-refractivity contribution is -0.143. The maximum absolute atomic E-state index is 11.1. The van der Waals surface area contributed by atoms with Gasteiger partial charge in [-0.15, -0.1) is 0 Å². The number of aryl methyl sites for hydroxylation is 1. The zero-order valence-corrected chi connectivity index (χ0v) is 10.1. The van der Waals surface area contributed by atoms with Gasteiger partial charge in [0.25, 0.3) is 0 Å². The summed E-state index contributed by atoms with van der Waals surface area (Å²) in [6, 6.07) is 7.55. The fraction of sp³-hybridized carbons (Fsp3) is 0.429. The molecule has 0 aliphatic rings. The molecule has 0 bridgehead atoms. The maximum Gasteiger partial charge on any atom is 0.305 e. The first-order valence-corrected chi connectivity index (χ1v) is 5.96. The monoisotopic (exact) mass is 234 g/mol. The van der Waals surface area contributed by atoms with Gasteiger partial charge in [-0.05, 0) is 37.8 Å². The third kappa shape index (κ3) is 5.29. The van der Waals surface area contributed by atoms with E-state index in [0.29, 0.717) is 18.6 Å². The van der Waals surface area contributed by atoms with Gasteiger partial charge in [-0.2, -0.15) is 0 Å². The molecule has 0 saturated carbocycles. The SMILES string of the molecule is CCOC(=O)CCCCc1cccc(C=O)c1. The molecule has 0 spiro atoms. The largest absolute Gasteiger partial charge is 0.466 e. The fourth-order valence-corrected chi connectivity index (χ4v) is 1.65. The van der Waals surface area contributed by atoms with Crippen molar-refractivity contribution in [1.29, 1.82) is 0 Å². The Morgan fingerprint density at radius 1 is 1.35 bits per heavy atom. The number of hydrogen-bond acceptors (Lipinski definition) is 3. The number of unbranched alkanes of at least 4 members (excludes halogenated alkanes) is 1. The zero-order chi connectivity index (χ0) is 12.5. The third-order valence-electron chi connectivity index (χ3n) is 2.49. The van der Waals surface area contributed by atoms with Crippen LogP contribution >= 0.6 is 0 Å². The van der Waals surface area contributed by atoms with Crippen molar-refractivity contribution in [3.63, 3.8) is 0 Å². The average Bonchev–Trinajstić information content (AvgIpc) is 2.35. The van der Waals surface area contributed by atoms with Crippen LogP contribution in [0.15, 0.2) is 24.3 Å². The molecule has 0 heterocycles. The van der Waals surface area contributed by atoms with Crippen LogP contribution in [0.2, 0.25) is 0 Å². The minimum atomic E-state index is -0.130. The molecular formula is C14H18O3. The summed E-state index contributed by atoms with van der Waals surface area (Å²) >= 11 is 0. The number of carbonyl (C=O) groups is 2. The molecule has 0 atom stereocenters. The van der Waals surface area contributed by atoms with Crippen molar-refractivity contribution in [2.24, 2.45) is 0 Å². The van der Waals surface area contributed by atoms with Crippen LogP contribution < -0.4 is 0 Å². The van der Waals surface area contributed by atoms with Gasteiger partial charge in [0.05, 0.1) is 6.61 Å². The minimum Gasteiger partial charge on any atom is -0.466 e. The molecule has 1 aromatic carbocycles. The van der Waals surface area contributed by atoms with Crippen LogP contribution in [0.5, 0.6) is 0 Å². The standard InChI is InChI=1S/C14H18O3/c1-2-17-14(16)9-4-3-6-12-7-5-8-13(10-12)11-15/h5,7-8,10-11H,2-4,6,9H2,1H3. The van der Waals surface area contributed by atoms with E-state index in [2.05, 4.69) is 0 Å². The Morgan fingerprint density at radius 2 is 2.18 bits per heavy atom. The summed E-state index contributed by atoms with van der Waals surface area (Å²) in [5.74, 6) is -0.130. The molecule has 1 aromatic rings. The Bertz CT molecular complexity index is 371. The van der Waals surface area contributed by atoms with Gasteiger partial charge in [0.2, 0.25) is 0 Å². The van der Waals surface area contributed by atoms with Crippen molar-refractivity contribution in [3.05, 3.63) is 35.4 Å². The number of carbonyl (C=O) groups excluding carboxylic acids is 2. The van der Waals surface area contributed by atoms with E-state index in [9.17, 15) is 9.59 Å². The van der Waals surface area contributed by atoms with Crippen molar-refractivity contribution in [2.45, 2.75) is 32.6 Å². The van der Waals surface area contributed by atoms with E-state index in [-0.39, 0.29) is 5.97 Å². The highest BCUT2D eigenvalue weighted by Crippen LogP contribution is 2.09. The Balaban J connectivity index is 2.26. The highest BCUT2D eigenvalue weighted by molar-refractivity contribution is 5.74. The molecule has 92 valence electrons. The minimum absolute atomic E-state index is 0.130. The number of benzene rings is 1. The lowest BCUT2D eigenvalue weighted by atomic mass is 10.0. The second-order valence-electron chi connectivity index (χ2n) is 3.88. The van der Waals surface area contributed by atoms with Crippen molar-refractivity contribution in [2.75, 3.05) is 6.61 Å². The normalized spacial score (nSPS) is 9.94. The Kier molecular flexibility index (Phi) is 6.00. The number of aldehydes is 1. The van der Waals surface area contributed by atoms with Gasteiger partial charge in [0.15, 0.2) is 0 Å². The summed E-state index contributed by atoms with van der Waals surface area (Å²) in [6.45, 7) is 2.25. The molecule has 0 aliphatic heterocycles. The lowest BCUT2D eigenvalue weighted by Gasteiger charge is -2.03. The first-order chi connectivity index (χ1) is 8.26. The number of esters is 1. The van der Waals surface area contributed by atoms with Crippen LogP contribution in [0.4, 0.5) is 0 Å². The van der Waals surface area contributed by atoms with Crippen molar-refractivity contribution >= 4 is 12.3 Å². The van der Waals surface area contributed by atoms with Crippen LogP contribution in [0, 0.1) is 0 Å². The molecule has 0 unspecified atom stereocenters. The van der Waals surface area contributed by atoms with Crippen LogP contribution in [0.1, 0.15) is 42.1 Å². The van der Waals surface area contributed by atoms with Gasteiger partial charge in [-0.25, -0.2) is 0 Å². The number of rotatable bonds is 7. The third-order valence-corrected chi connectivity index (χ3v) is 2.49. The molecule has 0 amide bonds. The summed E-state index contributed by atoms with van der Waals surface area (Å²) in [4.78, 5) is 21.7. The van der Waals surface area contributed by atoms with E-state index in [1.807, 2.05) is 25.1 Å². The first kappa shape index (κ1) is 13.4.